The van der Waals surface area contributed by atoms with Gasteiger partial charge < -0.3 is 15.4 Å². The highest BCUT2D eigenvalue weighted by molar-refractivity contribution is 7.90. The Morgan fingerprint density at radius 3 is 2.53 bits per heavy atom. The van der Waals surface area contributed by atoms with Gasteiger partial charge in [-0.25, -0.2) is 8.42 Å². The number of rotatable bonds is 14. The van der Waals surface area contributed by atoms with Crippen molar-refractivity contribution in [2.24, 2.45) is 17.6 Å². The molecule has 11 heteroatoms. The summed E-state index contributed by atoms with van der Waals surface area (Å²) in [7, 11) is -3.48. The van der Waals surface area contributed by atoms with Crippen LogP contribution in [0.1, 0.15) is 68.9 Å². The number of nitrogens with two attached hydrogens (primary N) is 1. The quantitative estimate of drug-likeness (QED) is 0.223. The lowest BCUT2D eigenvalue weighted by Gasteiger charge is -2.35. The molecule has 1 heterocycles. The fraction of sp³-hybridized carbons (Fsp3) is 0.469. The number of sulfonamides is 1. The maximum atomic E-state index is 13.1. The van der Waals surface area contributed by atoms with Gasteiger partial charge in [-0.1, -0.05) is 48.7 Å². The van der Waals surface area contributed by atoms with E-state index >= 15 is 0 Å². The molecule has 3 atom stereocenters. The van der Waals surface area contributed by atoms with Crippen LogP contribution >= 0.6 is 11.6 Å². The molecular weight excluding hydrogens is 590 g/mol. The molecule has 3 N–H and O–H groups in total. The number of primary amides is 1. The van der Waals surface area contributed by atoms with Crippen LogP contribution in [0.15, 0.2) is 54.6 Å². The zero-order valence-corrected chi connectivity index (χ0v) is 25.6. The number of nitrogens with zero attached hydrogens (tertiary/aromatic N) is 1. The number of hydrogen-bond acceptors (Lipinski definition) is 6. The third kappa shape index (κ3) is 8.38. The fourth-order valence-electron chi connectivity index (χ4n) is 5.52. The van der Waals surface area contributed by atoms with E-state index in [1.807, 2.05) is 36.4 Å². The van der Waals surface area contributed by atoms with Crippen molar-refractivity contribution in [2.45, 2.75) is 82.0 Å². The Morgan fingerprint density at radius 1 is 1.02 bits per heavy atom. The smallest absolute Gasteiger partial charge is 0.240 e. The first kappa shape index (κ1) is 31.1. The van der Waals surface area contributed by atoms with Crippen LogP contribution in [0.4, 0.5) is 0 Å². The van der Waals surface area contributed by atoms with E-state index in [1.165, 1.54) is 0 Å². The molecule has 0 unspecified atom stereocenters. The summed E-state index contributed by atoms with van der Waals surface area (Å²) in [4.78, 5) is 39.1. The number of unbranched alkanes of at least 4 members (excludes halogenated alkanes) is 4. The molecule has 0 aromatic heterocycles. The predicted molar refractivity (Wildman–Crippen MR) is 164 cm³/mol. The fourth-order valence-corrected chi connectivity index (χ4v) is 7.05. The Kier molecular flexibility index (Phi) is 9.76. The number of hydrogen-bond donors (Lipinski definition) is 2. The molecule has 1 aliphatic heterocycles. The van der Waals surface area contributed by atoms with Crippen molar-refractivity contribution < 1.29 is 27.5 Å². The molecule has 0 spiro atoms. The number of nitrogens with one attached hydrogen (secondary N) is 1. The molecule has 3 aliphatic rings. The molecular formula is C32H38ClN3O6S. The van der Waals surface area contributed by atoms with Crippen molar-refractivity contribution in [3.05, 3.63) is 70.8 Å². The second-order valence-electron chi connectivity index (χ2n) is 11.7. The maximum absolute atomic E-state index is 13.1. The molecule has 230 valence electrons. The summed E-state index contributed by atoms with van der Waals surface area (Å²) in [6.07, 6.45) is 11.1. The average molecular weight is 628 g/mol. The minimum atomic E-state index is -3.48. The predicted octanol–water partition coefficient (Wildman–Crippen LogP) is 5.01. The number of carbonyl (C=O) groups excluding carboxylic acids is 3. The molecule has 9 nitrogen and oxygen atoms in total. The molecule has 5 rings (SSSR count). The van der Waals surface area contributed by atoms with Gasteiger partial charge in [-0.2, -0.15) is 0 Å². The van der Waals surface area contributed by atoms with Crippen molar-refractivity contribution >= 4 is 39.3 Å². The van der Waals surface area contributed by atoms with Crippen molar-refractivity contribution in [1.82, 2.24) is 9.62 Å². The van der Waals surface area contributed by atoms with Gasteiger partial charge in [-0.05, 0) is 85.9 Å². The van der Waals surface area contributed by atoms with Crippen LogP contribution in [0.25, 0.3) is 0 Å². The average Bonchev–Trinajstić information content (AvgIpc) is 3.88. The van der Waals surface area contributed by atoms with Gasteiger partial charge in [-0.3, -0.25) is 19.1 Å². The van der Waals surface area contributed by atoms with E-state index in [0.717, 1.165) is 43.2 Å². The van der Waals surface area contributed by atoms with E-state index in [-0.39, 0.29) is 23.7 Å². The zero-order valence-electron chi connectivity index (χ0n) is 24.0. The molecule has 2 aromatic rings. The first-order valence-electron chi connectivity index (χ1n) is 15.0. The van der Waals surface area contributed by atoms with E-state index in [2.05, 4.69) is 10.8 Å². The topological polar surface area (TPSA) is 136 Å². The number of carbonyl (C=O) groups is 3. The van der Waals surface area contributed by atoms with Gasteiger partial charge in [0, 0.05) is 30.3 Å². The lowest BCUT2D eigenvalue weighted by molar-refractivity contribution is -0.140. The standard InChI is InChI=1S/C32H38ClN3O6S/c33-24-9-7-10-25(19-24)42-26-13-12-22-20-36(29(31(34)38)18-23(22)16-26)30(37)11-6-4-2-1-3-5-8-21-17-28(21)32(39)35-43(40,41)27-14-15-27/h5,7-10,12-13,16,19,21,27-29H,1-4,6,11,14-15,17-18,20H2,(H2,34,38)(H,35,39)/b8-5-/t21-,28+,29+/m1/s1. The van der Waals surface area contributed by atoms with Gasteiger partial charge in [0.25, 0.3) is 0 Å². The van der Waals surface area contributed by atoms with E-state index < -0.39 is 27.2 Å². The van der Waals surface area contributed by atoms with Gasteiger partial charge in [0.1, 0.15) is 17.5 Å². The molecule has 2 aromatic carbocycles. The van der Waals surface area contributed by atoms with Crippen molar-refractivity contribution in [2.75, 3.05) is 0 Å². The Hall–Kier alpha value is -3.37. The first-order chi connectivity index (χ1) is 20.6. The second kappa shape index (κ2) is 13.5. The van der Waals surface area contributed by atoms with Gasteiger partial charge >= 0.3 is 0 Å². The highest BCUT2D eigenvalue weighted by Gasteiger charge is 2.45. The largest absolute Gasteiger partial charge is 0.457 e. The number of benzene rings is 2. The summed E-state index contributed by atoms with van der Waals surface area (Å²) in [5.74, 6) is 0.132. The Morgan fingerprint density at radius 2 is 1.79 bits per heavy atom. The highest BCUT2D eigenvalue weighted by Crippen LogP contribution is 2.40. The van der Waals surface area contributed by atoms with E-state index in [4.69, 9.17) is 22.1 Å². The van der Waals surface area contributed by atoms with E-state index in [9.17, 15) is 22.8 Å². The second-order valence-corrected chi connectivity index (χ2v) is 14.1. The van der Waals surface area contributed by atoms with E-state index in [0.29, 0.717) is 55.2 Å². The lowest BCUT2D eigenvalue weighted by Crippen LogP contribution is -2.51. The van der Waals surface area contributed by atoms with Crippen LogP contribution in [0, 0.1) is 11.8 Å². The van der Waals surface area contributed by atoms with Crippen LogP contribution in [-0.4, -0.2) is 42.3 Å². The van der Waals surface area contributed by atoms with Gasteiger partial charge in [0.15, 0.2) is 0 Å². The van der Waals surface area contributed by atoms with Crippen molar-refractivity contribution in [1.29, 1.82) is 0 Å². The summed E-state index contributed by atoms with van der Waals surface area (Å²) >= 11 is 6.05. The Bertz CT molecular complexity index is 1510. The summed E-state index contributed by atoms with van der Waals surface area (Å²) in [6.45, 7) is 0.330. The van der Waals surface area contributed by atoms with Crippen LogP contribution in [0.5, 0.6) is 11.5 Å². The molecule has 0 saturated heterocycles. The molecule has 0 radical (unpaired) electrons. The molecule has 3 amide bonds. The third-order valence-corrected chi connectivity index (χ3v) is 10.3. The number of halogens is 1. The van der Waals surface area contributed by atoms with Gasteiger partial charge in [0.2, 0.25) is 27.7 Å². The monoisotopic (exact) mass is 627 g/mol. The molecule has 0 bridgehead atoms. The zero-order chi connectivity index (χ0) is 30.6. The SMILES string of the molecule is NC(=O)[C@@H]1Cc2cc(Oc3cccc(Cl)c3)ccc2CN1C(=O)CCCCCC/C=C\[C@@H]1C[C@@H]1C(=O)NS(=O)(=O)C1CC1. The van der Waals surface area contributed by atoms with Crippen LogP contribution in [-0.2, 0) is 37.4 Å². The van der Waals surface area contributed by atoms with Gasteiger partial charge in [0.05, 0.1) is 5.25 Å². The van der Waals surface area contributed by atoms with Crippen LogP contribution < -0.4 is 15.2 Å². The summed E-state index contributed by atoms with van der Waals surface area (Å²) in [6, 6.07) is 12.1. The summed E-state index contributed by atoms with van der Waals surface area (Å²) in [5.41, 5.74) is 7.61. The molecule has 2 saturated carbocycles. The number of ether oxygens (including phenoxy) is 1. The maximum Gasteiger partial charge on any atom is 0.240 e. The highest BCUT2D eigenvalue weighted by atomic mass is 35.5. The number of fused-ring (bicyclic) bond motifs is 1. The third-order valence-electron chi connectivity index (χ3n) is 8.27. The normalized spacial score (nSPS) is 21.3. The van der Waals surface area contributed by atoms with Crippen LogP contribution in [0.2, 0.25) is 5.02 Å². The van der Waals surface area contributed by atoms with Crippen LogP contribution in [0.3, 0.4) is 0 Å². The Balaban J connectivity index is 1.01. The van der Waals surface area contributed by atoms with Gasteiger partial charge in [-0.15, -0.1) is 0 Å². The summed E-state index contributed by atoms with van der Waals surface area (Å²) in [5, 5.41) is 0.182. The lowest BCUT2D eigenvalue weighted by atomic mass is 9.92. The van der Waals surface area contributed by atoms with Crippen molar-refractivity contribution in [3.8, 4) is 11.5 Å². The number of allylic oxidation sites excluding steroid dienone is 2. The minimum Gasteiger partial charge on any atom is -0.457 e. The Labute approximate surface area is 257 Å². The minimum absolute atomic E-state index is 0.0737. The van der Waals surface area contributed by atoms with Crippen molar-refractivity contribution in [3.63, 3.8) is 0 Å². The molecule has 2 aliphatic carbocycles. The molecule has 43 heavy (non-hydrogen) atoms. The first-order valence-corrected chi connectivity index (χ1v) is 16.9. The summed E-state index contributed by atoms with van der Waals surface area (Å²) < 4.78 is 32.0. The molecule has 2 fully saturated rings. The van der Waals surface area contributed by atoms with E-state index in [1.54, 1.807) is 17.0 Å². The number of amides is 3.